The van der Waals surface area contributed by atoms with Gasteiger partial charge < -0.3 is 9.36 Å². The summed E-state index contributed by atoms with van der Waals surface area (Å²) < 4.78 is 1.01. The van der Waals surface area contributed by atoms with Crippen molar-refractivity contribution in [2.75, 3.05) is 26.2 Å². The summed E-state index contributed by atoms with van der Waals surface area (Å²) in [7, 11) is 2.72. The molecule has 1 atom stereocenters. The van der Waals surface area contributed by atoms with Crippen LogP contribution >= 0.6 is 9.39 Å². The van der Waals surface area contributed by atoms with E-state index in [4.69, 9.17) is 5.11 Å². The van der Waals surface area contributed by atoms with Gasteiger partial charge in [-0.2, -0.15) is 0 Å². The lowest BCUT2D eigenvalue weighted by molar-refractivity contribution is -0.654. The molecule has 0 aliphatic carbocycles. The third-order valence-corrected chi connectivity index (χ3v) is 2.12. The van der Waals surface area contributed by atoms with Crippen molar-refractivity contribution in [2.24, 2.45) is 0 Å². The molecule has 1 saturated heterocycles. The maximum Gasteiger partial charge on any atom is 0.129 e. The fraction of sp³-hybridized carbons (Fsp3) is 1.00. The van der Waals surface area contributed by atoms with Crippen LogP contribution in [0.5, 0.6) is 0 Å². The van der Waals surface area contributed by atoms with Crippen molar-refractivity contribution < 1.29 is 9.36 Å². The lowest BCUT2D eigenvalue weighted by Gasteiger charge is -2.06. The molecule has 0 spiro atoms. The first-order chi connectivity index (χ1) is 3.27. The van der Waals surface area contributed by atoms with Gasteiger partial charge in [0.25, 0.3) is 0 Å². The van der Waals surface area contributed by atoms with Crippen molar-refractivity contribution >= 4 is 9.39 Å². The quantitative estimate of drug-likeness (QED) is 0.388. The third kappa shape index (κ3) is 1.37. The molecule has 7 heavy (non-hydrogen) atoms. The molecule has 0 aromatic carbocycles. The van der Waals surface area contributed by atoms with Crippen molar-refractivity contribution in [3.05, 3.63) is 0 Å². The van der Waals surface area contributed by atoms with Gasteiger partial charge in [0, 0.05) is 0 Å². The molecule has 0 aromatic heterocycles. The molecule has 1 rings (SSSR count). The Morgan fingerprint density at radius 3 is 2.29 bits per heavy atom. The minimum atomic E-state index is 0.323. The highest BCUT2D eigenvalue weighted by atomic mass is 31.0. The van der Waals surface area contributed by atoms with Gasteiger partial charge in [-0.1, -0.05) is 0 Å². The Kier molecular flexibility index (Phi) is 1.33. The minimum Gasteiger partial charge on any atom is -0.391 e. The Balaban J connectivity index is 2.13. The van der Waals surface area contributed by atoms with E-state index in [0.29, 0.717) is 6.61 Å². The second-order valence-electron chi connectivity index (χ2n) is 2.11. The maximum absolute atomic E-state index is 8.41. The van der Waals surface area contributed by atoms with Crippen LogP contribution in [0.3, 0.4) is 0 Å². The number of hydrogen-bond acceptors (Lipinski definition) is 1. The average Bonchev–Trinajstić information content (AvgIpc) is 2.22. The number of hydrogen-bond donors (Lipinski definition) is 1. The molecule has 0 amide bonds. The van der Waals surface area contributed by atoms with Crippen LogP contribution in [0.4, 0.5) is 0 Å². The molecule has 0 bridgehead atoms. The highest BCUT2D eigenvalue weighted by Gasteiger charge is 2.35. The van der Waals surface area contributed by atoms with Gasteiger partial charge in [-0.05, 0) is 0 Å². The summed E-state index contributed by atoms with van der Waals surface area (Å²) in [4.78, 5) is 0. The van der Waals surface area contributed by atoms with Gasteiger partial charge in [-0.3, -0.25) is 0 Å². The number of nitrogens with zero attached hydrogens (tertiary/aromatic N) is 1. The van der Waals surface area contributed by atoms with Gasteiger partial charge in [0.2, 0.25) is 0 Å². The van der Waals surface area contributed by atoms with Gasteiger partial charge in [0.15, 0.2) is 0 Å². The predicted molar refractivity (Wildman–Crippen MR) is 31.7 cm³/mol. The first-order valence-corrected chi connectivity index (χ1v) is 3.04. The van der Waals surface area contributed by atoms with Crippen molar-refractivity contribution in [1.82, 2.24) is 0 Å². The zero-order valence-electron chi connectivity index (χ0n) is 4.30. The molecular weight excluding hydrogens is 109 g/mol. The van der Waals surface area contributed by atoms with Crippen LogP contribution < -0.4 is 0 Å². The lowest BCUT2D eigenvalue weighted by atomic mass is 10.7. The molecule has 42 valence electrons. The first-order valence-electron chi connectivity index (χ1n) is 2.52. The van der Waals surface area contributed by atoms with E-state index < -0.39 is 0 Å². The zero-order valence-corrected chi connectivity index (χ0v) is 5.45. The van der Waals surface area contributed by atoms with Gasteiger partial charge >= 0.3 is 0 Å². The van der Waals surface area contributed by atoms with E-state index in [1.807, 2.05) is 0 Å². The fourth-order valence-electron chi connectivity index (χ4n) is 0.551. The van der Waals surface area contributed by atoms with E-state index in [2.05, 4.69) is 9.39 Å². The van der Waals surface area contributed by atoms with Crippen LogP contribution in [0.25, 0.3) is 0 Å². The highest BCUT2D eigenvalue weighted by Crippen LogP contribution is 2.26. The van der Waals surface area contributed by atoms with Gasteiger partial charge in [0.1, 0.15) is 19.6 Å². The van der Waals surface area contributed by atoms with E-state index in [1.165, 1.54) is 13.1 Å². The van der Waals surface area contributed by atoms with E-state index in [-0.39, 0.29) is 0 Å². The third-order valence-electron chi connectivity index (χ3n) is 1.34. The van der Waals surface area contributed by atoms with Crippen LogP contribution in [0.2, 0.25) is 0 Å². The van der Waals surface area contributed by atoms with Crippen LogP contribution in [0, 0.1) is 0 Å². The Bertz CT molecular complexity index is 72.1. The SMILES string of the molecule is OCC[N+]1(P)CC1. The zero-order chi connectivity index (χ0) is 5.33. The van der Waals surface area contributed by atoms with Gasteiger partial charge in [-0.25, -0.2) is 0 Å². The van der Waals surface area contributed by atoms with Crippen LogP contribution in [0.1, 0.15) is 0 Å². The van der Waals surface area contributed by atoms with E-state index >= 15 is 0 Å². The maximum atomic E-state index is 8.41. The number of rotatable bonds is 2. The number of quaternary nitrogens is 1. The molecule has 1 heterocycles. The average molecular weight is 120 g/mol. The lowest BCUT2D eigenvalue weighted by Crippen LogP contribution is -2.15. The smallest absolute Gasteiger partial charge is 0.129 e. The Hall–Kier alpha value is 0.350. The fourth-order valence-corrected chi connectivity index (χ4v) is 0.782. The first kappa shape index (κ1) is 5.49. The topological polar surface area (TPSA) is 20.2 Å². The predicted octanol–water partition coefficient (Wildman–Crippen LogP) is -0.401. The summed E-state index contributed by atoms with van der Waals surface area (Å²) in [5, 5.41) is 8.41. The van der Waals surface area contributed by atoms with Crippen LogP contribution in [-0.4, -0.2) is 35.6 Å². The monoisotopic (exact) mass is 120 g/mol. The summed E-state index contributed by atoms with van der Waals surface area (Å²) in [6.07, 6.45) is 0. The summed E-state index contributed by atoms with van der Waals surface area (Å²) in [6.45, 7) is 3.69. The molecule has 0 saturated carbocycles. The van der Waals surface area contributed by atoms with Crippen molar-refractivity contribution in [3.8, 4) is 0 Å². The highest BCUT2D eigenvalue weighted by molar-refractivity contribution is 7.09. The van der Waals surface area contributed by atoms with Gasteiger partial charge in [-0.15, -0.1) is 0 Å². The van der Waals surface area contributed by atoms with Crippen molar-refractivity contribution in [3.63, 3.8) is 0 Å². The normalized spacial score (nSPS) is 24.9. The summed E-state index contributed by atoms with van der Waals surface area (Å²) in [6, 6.07) is 0. The molecule has 2 nitrogen and oxygen atoms in total. The largest absolute Gasteiger partial charge is 0.391 e. The Labute approximate surface area is 46.0 Å². The molecule has 1 N–H and O–H groups in total. The molecule has 1 unspecified atom stereocenters. The summed E-state index contributed by atoms with van der Waals surface area (Å²) >= 11 is 0. The second kappa shape index (κ2) is 1.70. The molecule has 0 radical (unpaired) electrons. The molecular formula is C4H11NOP+. The Morgan fingerprint density at radius 1 is 1.57 bits per heavy atom. The van der Waals surface area contributed by atoms with Crippen LogP contribution in [0.15, 0.2) is 0 Å². The van der Waals surface area contributed by atoms with Crippen molar-refractivity contribution in [2.45, 2.75) is 0 Å². The van der Waals surface area contributed by atoms with E-state index in [0.717, 1.165) is 10.8 Å². The number of aliphatic hydroxyl groups is 1. The molecule has 3 heteroatoms. The molecule has 1 aliphatic heterocycles. The molecule has 0 aromatic rings. The second-order valence-corrected chi connectivity index (χ2v) is 3.21. The number of aliphatic hydroxyl groups excluding tert-OH is 1. The summed E-state index contributed by atoms with van der Waals surface area (Å²) in [5.41, 5.74) is 0. The van der Waals surface area contributed by atoms with Crippen LogP contribution in [-0.2, 0) is 0 Å². The molecule has 1 fully saturated rings. The van der Waals surface area contributed by atoms with E-state index in [9.17, 15) is 0 Å². The Morgan fingerprint density at radius 2 is 2.14 bits per heavy atom. The molecule has 1 aliphatic rings. The van der Waals surface area contributed by atoms with Gasteiger partial charge in [0.05, 0.1) is 16.0 Å². The standard InChI is InChI=1S/C4H11NOP/c6-4-3-5(7)1-2-5/h6H,1-4,7H2/q+1. The van der Waals surface area contributed by atoms with E-state index in [1.54, 1.807) is 0 Å². The minimum absolute atomic E-state index is 0.323. The summed E-state index contributed by atoms with van der Waals surface area (Å²) in [5.74, 6) is 0. The van der Waals surface area contributed by atoms with Crippen molar-refractivity contribution in [1.29, 1.82) is 0 Å².